The van der Waals surface area contributed by atoms with Gasteiger partial charge in [0.05, 0.1) is 6.10 Å². The van der Waals surface area contributed by atoms with Gasteiger partial charge in [-0.25, -0.2) is 0 Å². The zero-order valence-corrected chi connectivity index (χ0v) is 9.83. The van der Waals surface area contributed by atoms with Gasteiger partial charge in [0.15, 0.2) is 0 Å². The van der Waals surface area contributed by atoms with Crippen molar-refractivity contribution in [1.29, 1.82) is 0 Å². The minimum Gasteiger partial charge on any atom is -0.376 e. The van der Waals surface area contributed by atoms with Crippen molar-refractivity contribution >= 4 is 23.3 Å². The molecule has 0 bridgehead atoms. The third kappa shape index (κ3) is 3.47. The van der Waals surface area contributed by atoms with Crippen LogP contribution in [0.4, 0.5) is 0 Å². The molecule has 2 heterocycles. The molecule has 0 aliphatic carbocycles. The van der Waals surface area contributed by atoms with Crippen molar-refractivity contribution < 1.29 is 9.53 Å². The van der Waals surface area contributed by atoms with Crippen LogP contribution >= 0.6 is 11.3 Å². The van der Waals surface area contributed by atoms with E-state index < -0.39 is 0 Å². The van der Waals surface area contributed by atoms with Gasteiger partial charge in [-0.05, 0) is 30.4 Å². The van der Waals surface area contributed by atoms with Crippen LogP contribution in [0.2, 0.25) is 0 Å². The van der Waals surface area contributed by atoms with Crippen molar-refractivity contribution in [1.82, 2.24) is 5.32 Å². The summed E-state index contributed by atoms with van der Waals surface area (Å²) in [4.78, 5) is 12.5. The molecule has 16 heavy (non-hydrogen) atoms. The summed E-state index contributed by atoms with van der Waals surface area (Å²) in [5, 5.41) is 4.83. The summed E-state index contributed by atoms with van der Waals surface area (Å²) in [6.07, 6.45) is 5.76. The lowest BCUT2D eigenvalue weighted by molar-refractivity contribution is -0.116. The molecule has 86 valence electrons. The molecule has 0 saturated carbocycles. The molecule has 0 unspecified atom stereocenters. The third-order valence-electron chi connectivity index (χ3n) is 2.47. The van der Waals surface area contributed by atoms with Crippen LogP contribution in [0.25, 0.3) is 6.08 Å². The van der Waals surface area contributed by atoms with Gasteiger partial charge >= 0.3 is 0 Å². The molecule has 1 atom stereocenters. The van der Waals surface area contributed by atoms with Gasteiger partial charge in [-0.15, -0.1) is 11.3 Å². The maximum absolute atomic E-state index is 11.4. The topological polar surface area (TPSA) is 38.3 Å². The average Bonchev–Trinajstić information content (AvgIpc) is 2.96. The van der Waals surface area contributed by atoms with Crippen molar-refractivity contribution in [3.63, 3.8) is 0 Å². The Bertz CT molecular complexity index is 353. The molecular formula is C12H15NO2S. The van der Waals surface area contributed by atoms with Crippen LogP contribution in [-0.4, -0.2) is 25.2 Å². The van der Waals surface area contributed by atoms with Gasteiger partial charge in [0.2, 0.25) is 5.91 Å². The highest BCUT2D eigenvalue weighted by Gasteiger charge is 2.15. The largest absolute Gasteiger partial charge is 0.376 e. The highest BCUT2D eigenvalue weighted by molar-refractivity contribution is 7.10. The van der Waals surface area contributed by atoms with Crippen LogP contribution in [0.15, 0.2) is 23.6 Å². The lowest BCUT2D eigenvalue weighted by Gasteiger charge is -2.08. The SMILES string of the molecule is O=C(/C=C/c1cccs1)NC[C@H]1CCCO1. The number of rotatable bonds is 4. The van der Waals surface area contributed by atoms with E-state index in [-0.39, 0.29) is 12.0 Å². The molecule has 2 rings (SSSR count). The van der Waals surface area contributed by atoms with E-state index >= 15 is 0 Å². The number of hydrogen-bond donors (Lipinski definition) is 1. The van der Waals surface area contributed by atoms with Crippen LogP contribution in [0.3, 0.4) is 0 Å². The van der Waals surface area contributed by atoms with Gasteiger partial charge in [-0.1, -0.05) is 6.07 Å². The van der Waals surface area contributed by atoms with E-state index in [4.69, 9.17) is 4.74 Å². The van der Waals surface area contributed by atoms with Crippen LogP contribution < -0.4 is 5.32 Å². The minimum absolute atomic E-state index is 0.0519. The Kier molecular flexibility index (Phi) is 4.13. The summed E-state index contributed by atoms with van der Waals surface area (Å²) >= 11 is 1.62. The summed E-state index contributed by atoms with van der Waals surface area (Å²) < 4.78 is 5.42. The number of hydrogen-bond acceptors (Lipinski definition) is 3. The minimum atomic E-state index is -0.0519. The van der Waals surface area contributed by atoms with Gasteiger partial charge in [0, 0.05) is 24.1 Å². The van der Waals surface area contributed by atoms with E-state index in [0.717, 1.165) is 24.3 Å². The molecule has 1 saturated heterocycles. The lowest BCUT2D eigenvalue weighted by Crippen LogP contribution is -2.30. The smallest absolute Gasteiger partial charge is 0.244 e. The predicted molar refractivity (Wildman–Crippen MR) is 65.3 cm³/mol. The number of ether oxygens (including phenoxy) is 1. The van der Waals surface area contributed by atoms with Crippen molar-refractivity contribution in [3.8, 4) is 0 Å². The van der Waals surface area contributed by atoms with Crippen molar-refractivity contribution in [2.75, 3.05) is 13.2 Å². The molecule has 0 spiro atoms. The number of carbonyl (C=O) groups is 1. The Morgan fingerprint density at radius 3 is 3.31 bits per heavy atom. The molecule has 1 aromatic heterocycles. The highest BCUT2D eigenvalue weighted by Crippen LogP contribution is 2.11. The third-order valence-corrected chi connectivity index (χ3v) is 3.31. The van der Waals surface area contributed by atoms with E-state index in [0.29, 0.717) is 6.54 Å². The van der Waals surface area contributed by atoms with Gasteiger partial charge in [0.1, 0.15) is 0 Å². The first-order valence-corrected chi connectivity index (χ1v) is 6.33. The second kappa shape index (κ2) is 5.82. The first kappa shape index (κ1) is 11.4. The van der Waals surface area contributed by atoms with Crippen molar-refractivity contribution in [2.45, 2.75) is 18.9 Å². The molecule has 0 radical (unpaired) electrons. The summed E-state index contributed by atoms with van der Waals surface area (Å²) in [5.74, 6) is -0.0519. The monoisotopic (exact) mass is 237 g/mol. The second-order valence-electron chi connectivity index (χ2n) is 3.73. The van der Waals surface area contributed by atoms with Crippen LogP contribution in [0.1, 0.15) is 17.7 Å². The van der Waals surface area contributed by atoms with E-state index in [1.165, 1.54) is 0 Å². The Morgan fingerprint density at radius 2 is 2.62 bits per heavy atom. The molecule has 1 aliphatic heterocycles. The standard InChI is InChI=1S/C12H15NO2S/c14-12(6-5-11-4-2-8-16-11)13-9-10-3-1-7-15-10/h2,4-6,8,10H,1,3,7,9H2,(H,13,14)/b6-5+/t10-/m1/s1. The fourth-order valence-corrected chi connectivity index (χ4v) is 2.24. The first-order chi connectivity index (χ1) is 7.84. The predicted octanol–water partition coefficient (Wildman–Crippen LogP) is 2.06. The normalized spacial score (nSPS) is 20.4. The Labute approximate surface area is 99.1 Å². The van der Waals surface area contributed by atoms with E-state index in [1.54, 1.807) is 17.4 Å². The van der Waals surface area contributed by atoms with Crippen molar-refractivity contribution in [3.05, 3.63) is 28.5 Å². The number of thiophene rings is 1. The quantitative estimate of drug-likeness (QED) is 0.814. The van der Waals surface area contributed by atoms with E-state index in [1.807, 2.05) is 23.6 Å². The van der Waals surface area contributed by atoms with Crippen LogP contribution in [-0.2, 0) is 9.53 Å². The molecule has 3 nitrogen and oxygen atoms in total. The summed E-state index contributed by atoms with van der Waals surface area (Å²) in [5.41, 5.74) is 0. The van der Waals surface area contributed by atoms with Gasteiger partial charge < -0.3 is 10.1 Å². The number of carbonyl (C=O) groups excluding carboxylic acids is 1. The molecule has 1 amide bonds. The Morgan fingerprint density at radius 1 is 1.69 bits per heavy atom. The molecule has 1 fully saturated rings. The average molecular weight is 237 g/mol. The molecular weight excluding hydrogens is 222 g/mol. The highest BCUT2D eigenvalue weighted by atomic mass is 32.1. The fourth-order valence-electron chi connectivity index (χ4n) is 1.62. The van der Waals surface area contributed by atoms with E-state index in [2.05, 4.69) is 5.32 Å². The zero-order chi connectivity index (χ0) is 11.2. The summed E-state index contributed by atoms with van der Waals surface area (Å²) in [6.45, 7) is 1.44. The first-order valence-electron chi connectivity index (χ1n) is 5.45. The maximum atomic E-state index is 11.4. The molecule has 0 aromatic carbocycles. The zero-order valence-electron chi connectivity index (χ0n) is 9.02. The maximum Gasteiger partial charge on any atom is 0.244 e. The molecule has 4 heteroatoms. The Hall–Kier alpha value is -1.13. The molecule has 1 aliphatic rings. The van der Waals surface area contributed by atoms with Gasteiger partial charge in [-0.3, -0.25) is 4.79 Å². The Balaban J connectivity index is 1.71. The lowest BCUT2D eigenvalue weighted by atomic mass is 10.2. The number of amides is 1. The summed E-state index contributed by atoms with van der Waals surface area (Å²) in [6, 6.07) is 3.95. The van der Waals surface area contributed by atoms with Crippen molar-refractivity contribution in [2.24, 2.45) is 0 Å². The van der Waals surface area contributed by atoms with Crippen LogP contribution in [0.5, 0.6) is 0 Å². The van der Waals surface area contributed by atoms with Crippen LogP contribution in [0, 0.1) is 0 Å². The number of nitrogens with one attached hydrogen (secondary N) is 1. The molecule has 1 aromatic rings. The molecule has 1 N–H and O–H groups in total. The second-order valence-corrected chi connectivity index (χ2v) is 4.71. The van der Waals surface area contributed by atoms with E-state index in [9.17, 15) is 4.79 Å². The van der Waals surface area contributed by atoms with Gasteiger partial charge in [-0.2, -0.15) is 0 Å². The summed E-state index contributed by atoms with van der Waals surface area (Å²) in [7, 11) is 0. The van der Waals surface area contributed by atoms with Gasteiger partial charge in [0.25, 0.3) is 0 Å². The fraction of sp³-hybridized carbons (Fsp3) is 0.417.